The van der Waals surface area contributed by atoms with Crippen molar-refractivity contribution in [3.05, 3.63) is 11.6 Å². The second-order valence-electron chi connectivity index (χ2n) is 1.88. The number of rotatable bonds is 0. The standard InChI is InChI=1S/C5H4BrN2S2/c6-10-2-3(7)5-4(10)1-8-9-5/h1-2H,7H2/q+1. The second-order valence-corrected chi connectivity index (χ2v) is 6.01. The molecular formula is C5H4BrN2S2+. The Morgan fingerprint density at radius 3 is 3.20 bits per heavy atom. The highest BCUT2D eigenvalue weighted by atomic mass is 79.9. The first kappa shape index (κ1) is 6.57. The lowest BCUT2D eigenvalue weighted by Crippen LogP contribution is -1.76. The molecule has 0 saturated carbocycles. The highest BCUT2D eigenvalue weighted by Gasteiger charge is 2.16. The Morgan fingerprint density at radius 1 is 1.70 bits per heavy atom. The molecule has 2 heterocycles. The summed E-state index contributed by atoms with van der Waals surface area (Å²) in [7, 11) is 0.0266. The van der Waals surface area contributed by atoms with E-state index in [0.717, 1.165) is 10.4 Å². The van der Waals surface area contributed by atoms with Crippen LogP contribution in [-0.4, -0.2) is 4.37 Å². The number of nitrogen functional groups attached to an aromatic ring is 1. The van der Waals surface area contributed by atoms with Gasteiger partial charge in [-0.3, -0.25) is 0 Å². The molecule has 0 aromatic carbocycles. The van der Waals surface area contributed by atoms with Gasteiger partial charge in [0.2, 0.25) is 4.70 Å². The summed E-state index contributed by atoms with van der Waals surface area (Å²) < 4.78 is 6.39. The molecule has 0 aliphatic carbocycles. The van der Waals surface area contributed by atoms with Gasteiger partial charge in [-0.15, -0.1) is 0 Å². The third-order valence-corrected chi connectivity index (χ3v) is 5.02. The quantitative estimate of drug-likeness (QED) is 0.714. The van der Waals surface area contributed by atoms with Gasteiger partial charge in [0.05, 0.1) is 8.90 Å². The Labute approximate surface area is 72.0 Å². The van der Waals surface area contributed by atoms with Crippen molar-refractivity contribution in [2.75, 3.05) is 5.73 Å². The highest BCUT2D eigenvalue weighted by molar-refractivity contribution is 9.34. The lowest BCUT2D eigenvalue weighted by molar-refractivity contribution is 1.62. The molecule has 0 bridgehead atoms. The fraction of sp³-hybridized carbons (Fsp3) is 0. The van der Waals surface area contributed by atoms with Crippen LogP contribution in [-0.2, 0) is 0 Å². The minimum Gasteiger partial charge on any atom is -0.393 e. The number of halogens is 1. The summed E-state index contributed by atoms with van der Waals surface area (Å²) in [4.78, 5) is 0. The first-order valence-corrected chi connectivity index (χ1v) is 6.51. The molecule has 0 saturated heterocycles. The van der Waals surface area contributed by atoms with Gasteiger partial charge in [-0.1, -0.05) is 0 Å². The molecule has 0 aliphatic rings. The van der Waals surface area contributed by atoms with Crippen LogP contribution in [0.25, 0.3) is 9.40 Å². The molecule has 52 valence electrons. The Bertz CT molecular complexity index is 333. The molecule has 1 unspecified atom stereocenters. The van der Waals surface area contributed by atoms with E-state index in [-0.39, 0.29) is 8.90 Å². The number of anilines is 1. The summed E-state index contributed by atoms with van der Waals surface area (Å²) in [5, 5.41) is 2.02. The topological polar surface area (TPSA) is 38.9 Å². The Hall–Kier alpha value is -0.130. The van der Waals surface area contributed by atoms with Crippen molar-refractivity contribution in [1.29, 1.82) is 0 Å². The molecule has 10 heavy (non-hydrogen) atoms. The zero-order valence-electron chi connectivity index (χ0n) is 4.87. The van der Waals surface area contributed by atoms with Crippen LogP contribution in [0.1, 0.15) is 0 Å². The third-order valence-electron chi connectivity index (χ3n) is 1.24. The third kappa shape index (κ3) is 0.777. The summed E-state index contributed by atoms with van der Waals surface area (Å²) in [5.41, 5.74) is 6.55. The molecule has 2 nitrogen and oxygen atoms in total. The highest BCUT2D eigenvalue weighted by Crippen LogP contribution is 2.42. The summed E-state index contributed by atoms with van der Waals surface area (Å²) >= 11 is 4.95. The maximum absolute atomic E-state index is 5.69. The van der Waals surface area contributed by atoms with Crippen molar-refractivity contribution in [1.82, 2.24) is 4.37 Å². The van der Waals surface area contributed by atoms with Crippen molar-refractivity contribution < 1.29 is 0 Å². The smallest absolute Gasteiger partial charge is 0.269 e. The largest absolute Gasteiger partial charge is 0.393 e. The molecule has 2 N–H and O–H groups in total. The normalized spacial score (nSPS) is 12.7. The lowest BCUT2D eigenvalue weighted by atomic mass is 10.5. The lowest BCUT2D eigenvalue weighted by Gasteiger charge is -1.71. The fourth-order valence-electron chi connectivity index (χ4n) is 0.793. The maximum Gasteiger partial charge on any atom is 0.269 e. The van der Waals surface area contributed by atoms with Crippen LogP contribution in [0.15, 0.2) is 11.6 Å². The van der Waals surface area contributed by atoms with Crippen LogP contribution in [0.4, 0.5) is 5.69 Å². The molecule has 0 spiro atoms. The first-order chi connectivity index (χ1) is 4.79. The van der Waals surface area contributed by atoms with Crippen LogP contribution >= 0.6 is 35.2 Å². The molecular weight excluding hydrogens is 232 g/mol. The van der Waals surface area contributed by atoms with E-state index in [9.17, 15) is 0 Å². The maximum atomic E-state index is 5.69. The molecule has 2 aromatic rings. The second kappa shape index (κ2) is 2.18. The van der Waals surface area contributed by atoms with Crippen molar-refractivity contribution in [2.24, 2.45) is 0 Å². The first-order valence-electron chi connectivity index (χ1n) is 2.61. The van der Waals surface area contributed by atoms with Gasteiger partial charge in [0, 0.05) is 0 Å². The van der Waals surface area contributed by atoms with E-state index < -0.39 is 0 Å². The van der Waals surface area contributed by atoms with Crippen LogP contribution < -0.4 is 5.73 Å². The number of nitrogens with zero attached hydrogens (tertiary/aromatic N) is 1. The van der Waals surface area contributed by atoms with Gasteiger partial charge >= 0.3 is 0 Å². The zero-order chi connectivity index (χ0) is 7.14. The summed E-state index contributed by atoms with van der Waals surface area (Å²) in [6, 6.07) is 0. The van der Waals surface area contributed by atoms with Gasteiger partial charge in [0.1, 0.15) is 16.6 Å². The number of nitrogens with two attached hydrogens (primary N) is 1. The molecule has 0 radical (unpaired) electrons. The van der Waals surface area contributed by atoms with Crippen LogP contribution in [0.3, 0.4) is 0 Å². The van der Waals surface area contributed by atoms with E-state index in [4.69, 9.17) is 5.73 Å². The summed E-state index contributed by atoms with van der Waals surface area (Å²) in [6.45, 7) is 0. The average molecular weight is 236 g/mol. The van der Waals surface area contributed by atoms with E-state index >= 15 is 0 Å². The van der Waals surface area contributed by atoms with Crippen LogP contribution in [0.5, 0.6) is 0 Å². The predicted octanol–water partition coefficient (Wildman–Crippen LogP) is 2.79. The number of hydrogen-bond acceptors (Lipinski definition) is 3. The summed E-state index contributed by atoms with van der Waals surface area (Å²) in [5.74, 6) is 0. The van der Waals surface area contributed by atoms with Gasteiger partial charge in [-0.2, -0.15) is 4.37 Å². The number of fused-ring (bicyclic) bond motifs is 1. The minimum absolute atomic E-state index is 0.0266. The molecule has 2 aromatic heterocycles. The van der Waals surface area contributed by atoms with E-state index in [1.54, 1.807) is 0 Å². The van der Waals surface area contributed by atoms with Crippen LogP contribution in [0.2, 0.25) is 0 Å². The Kier molecular flexibility index (Phi) is 1.43. The van der Waals surface area contributed by atoms with Gasteiger partial charge in [-0.25, -0.2) is 0 Å². The Balaban J connectivity index is 2.98. The van der Waals surface area contributed by atoms with Crippen molar-refractivity contribution in [2.45, 2.75) is 0 Å². The number of hydrogen-bond donors (Lipinski definition) is 1. The van der Waals surface area contributed by atoms with Crippen molar-refractivity contribution in [3.8, 4) is 0 Å². The Morgan fingerprint density at radius 2 is 2.50 bits per heavy atom. The SMILES string of the molecule is Nc1c[s+](Br)c2cnsc12. The molecule has 1 atom stereocenters. The minimum atomic E-state index is 0.0266. The van der Waals surface area contributed by atoms with E-state index in [2.05, 4.69) is 19.2 Å². The fourth-order valence-corrected chi connectivity index (χ4v) is 4.46. The van der Waals surface area contributed by atoms with Gasteiger partial charge in [-0.05, 0) is 11.5 Å². The molecule has 0 fully saturated rings. The molecule has 2 rings (SSSR count). The van der Waals surface area contributed by atoms with E-state index in [1.807, 2.05) is 11.6 Å². The molecule has 0 aliphatic heterocycles. The number of aromatic nitrogens is 1. The predicted molar refractivity (Wildman–Crippen MR) is 50.8 cm³/mol. The molecule has 5 heteroatoms. The van der Waals surface area contributed by atoms with E-state index in [1.165, 1.54) is 16.2 Å². The van der Waals surface area contributed by atoms with Crippen molar-refractivity contribution >= 4 is 50.3 Å². The van der Waals surface area contributed by atoms with Crippen LogP contribution in [0, 0.1) is 0 Å². The van der Waals surface area contributed by atoms with E-state index in [0.29, 0.717) is 0 Å². The monoisotopic (exact) mass is 235 g/mol. The van der Waals surface area contributed by atoms with Gasteiger partial charge in [0.25, 0.3) is 14.8 Å². The number of thiophene rings is 1. The van der Waals surface area contributed by atoms with Crippen molar-refractivity contribution in [3.63, 3.8) is 0 Å². The van der Waals surface area contributed by atoms with Gasteiger partial charge < -0.3 is 5.73 Å². The van der Waals surface area contributed by atoms with Gasteiger partial charge in [0.15, 0.2) is 5.38 Å². The zero-order valence-corrected chi connectivity index (χ0v) is 8.09. The molecule has 0 amide bonds. The average Bonchev–Trinajstić information content (AvgIpc) is 2.39. The summed E-state index contributed by atoms with van der Waals surface area (Å²) in [6.07, 6.45) is 1.87.